The molecule has 0 aliphatic carbocycles. The number of aromatic nitrogens is 2. The van der Waals surface area contributed by atoms with E-state index >= 15 is 0 Å². The Morgan fingerprint density at radius 2 is 1.71 bits per heavy atom. The van der Waals surface area contributed by atoms with E-state index in [1.807, 2.05) is 0 Å². The highest BCUT2D eigenvalue weighted by Gasteiger charge is 2.40. The molecule has 3 rings (SSSR count). The summed E-state index contributed by atoms with van der Waals surface area (Å²) in [6, 6.07) is 1.78. The van der Waals surface area contributed by atoms with Crippen LogP contribution in [0.5, 0.6) is 0 Å². The molecule has 3 heterocycles. The van der Waals surface area contributed by atoms with Gasteiger partial charge in [-0.3, -0.25) is 14.5 Å². The molecule has 0 aromatic carbocycles. The van der Waals surface area contributed by atoms with Crippen LogP contribution in [0.4, 0.5) is 5.95 Å². The van der Waals surface area contributed by atoms with Crippen molar-refractivity contribution < 1.29 is 14.3 Å². The maximum Gasteiger partial charge on any atom is 0.237 e. The lowest BCUT2D eigenvalue weighted by Crippen LogP contribution is -2.56. The number of amides is 2. The molecule has 154 valence electrons. The number of carbonyl (C=O) groups is 2. The van der Waals surface area contributed by atoms with E-state index in [0.717, 1.165) is 32.8 Å². The van der Waals surface area contributed by atoms with E-state index in [1.54, 1.807) is 37.2 Å². The molecule has 0 atom stereocenters. The van der Waals surface area contributed by atoms with Crippen molar-refractivity contribution in [1.82, 2.24) is 25.1 Å². The molecule has 2 aliphatic rings. The van der Waals surface area contributed by atoms with Gasteiger partial charge in [0, 0.05) is 64.8 Å². The second kappa shape index (κ2) is 9.29. The average Bonchev–Trinajstić information content (AvgIpc) is 2.74. The number of nitrogens with zero attached hydrogens (tertiary/aromatic N) is 5. The average molecular weight is 390 g/mol. The summed E-state index contributed by atoms with van der Waals surface area (Å²) in [6.07, 6.45) is 3.43. The number of rotatable bonds is 6. The minimum absolute atomic E-state index is 0.134. The number of ether oxygens (including phenoxy) is 1. The van der Waals surface area contributed by atoms with E-state index in [-0.39, 0.29) is 11.8 Å². The monoisotopic (exact) mass is 390 g/mol. The van der Waals surface area contributed by atoms with Gasteiger partial charge in [-0.1, -0.05) is 0 Å². The first kappa shape index (κ1) is 20.5. The van der Waals surface area contributed by atoms with Crippen LogP contribution < -0.4 is 10.2 Å². The summed E-state index contributed by atoms with van der Waals surface area (Å²) >= 11 is 0. The molecule has 0 unspecified atom stereocenters. The SMILES string of the molecule is CC(C)(C(=O)NCCN1CCOCC1)C(=O)N1CCN(c2ncccn2)CC1. The second-order valence-electron chi connectivity index (χ2n) is 7.66. The Labute approximate surface area is 166 Å². The number of morpholine rings is 1. The molecule has 2 amide bonds. The topological polar surface area (TPSA) is 90.9 Å². The van der Waals surface area contributed by atoms with E-state index in [2.05, 4.69) is 25.1 Å². The van der Waals surface area contributed by atoms with Gasteiger partial charge in [-0.2, -0.15) is 0 Å². The molecule has 0 saturated carbocycles. The Balaban J connectivity index is 1.46. The zero-order valence-corrected chi connectivity index (χ0v) is 16.8. The molecule has 9 nitrogen and oxygen atoms in total. The summed E-state index contributed by atoms with van der Waals surface area (Å²) < 4.78 is 5.33. The van der Waals surface area contributed by atoms with Crippen molar-refractivity contribution in [2.24, 2.45) is 5.41 Å². The maximum atomic E-state index is 13.0. The van der Waals surface area contributed by atoms with E-state index in [9.17, 15) is 9.59 Å². The highest BCUT2D eigenvalue weighted by Crippen LogP contribution is 2.21. The molecule has 0 spiro atoms. The predicted molar refractivity (Wildman–Crippen MR) is 105 cm³/mol. The number of anilines is 1. The Kier molecular flexibility index (Phi) is 6.79. The molecule has 1 aromatic heterocycles. The van der Waals surface area contributed by atoms with Crippen LogP contribution in [0, 0.1) is 5.41 Å². The van der Waals surface area contributed by atoms with Crippen molar-refractivity contribution in [2.45, 2.75) is 13.8 Å². The minimum atomic E-state index is -1.09. The summed E-state index contributed by atoms with van der Waals surface area (Å²) in [5.74, 6) is 0.319. The van der Waals surface area contributed by atoms with Gasteiger partial charge in [0.1, 0.15) is 5.41 Å². The lowest BCUT2D eigenvalue weighted by atomic mass is 9.90. The van der Waals surface area contributed by atoms with Crippen LogP contribution in [-0.2, 0) is 14.3 Å². The number of hydrogen-bond donors (Lipinski definition) is 1. The summed E-state index contributed by atoms with van der Waals surface area (Å²) in [7, 11) is 0. The van der Waals surface area contributed by atoms with Crippen molar-refractivity contribution in [1.29, 1.82) is 0 Å². The first-order valence-corrected chi connectivity index (χ1v) is 9.88. The van der Waals surface area contributed by atoms with Gasteiger partial charge < -0.3 is 19.9 Å². The van der Waals surface area contributed by atoms with Crippen molar-refractivity contribution in [3.05, 3.63) is 18.5 Å². The van der Waals surface area contributed by atoms with Gasteiger partial charge in [0.15, 0.2) is 0 Å². The number of piperazine rings is 1. The van der Waals surface area contributed by atoms with Crippen LogP contribution in [0.2, 0.25) is 0 Å². The summed E-state index contributed by atoms with van der Waals surface area (Å²) in [5.41, 5.74) is -1.09. The molecule has 0 radical (unpaired) electrons. The highest BCUT2D eigenvalue weighted by molar-refractivity contribution is 6.04. The van der Waals surface area contributed by atoms with E-state index in [0.29, 0.717) is 38.7 Å². The third-order valence-electron chi connectivity index (χ3n) is 5.32. The Hall–Kier alpha value is -2.26. The largest absolute Gasteiger partial charge is 0.379 e. The first-order chi connectivity index (χ1) is 13.5. The van der Waals surface area contributed by atoms with Gasteiger partial charge in [-0.25, -0.2) is 9.97 Å². The second-order valence-corrected chi connectivity index (χ2v) is 7.66. The number of hydrogen-bond acceptors (Lipinski definition) is 7. The Morgan fingerprint density at radius 1 is 1.07 bits per heavy atom. The zero-order valence-electron chi connectivity index (χ0n) is 16.8. The van der Waals surface area contributed by atoms with Gasteiger partial charge in [0.2, 0.25) is 17.8 Å². The third kappa shape index (κ3) is 4.96. The lowest BCUT2D eigenvalue weighted by Gasteiger charge is -2.38. The molecular weight excluding hydrogens is 360 g/mol. The van der Waals surface area contributed by atoms with Gasteiger partial charge in [-0.15, -0.1) is 0 Å². The maximum absolute atomic E-state index is 13.0. The summed E-state index contributed by atoms with van der Waals surface area (Å²) in [5, 5.41) is 2.93. The van der Waals surface area contributed by atoms with Crippen LogP contribution in [-0.4, -0.2) is 97.2 Å². The Bertz CT molecular complexity index is 655. The van der Waals surface area contributed by atoms with Gasteiger partial charge >= 0.3 is 0 Å². The van der Waals surface area contributed by atoms with Crippen LogP contribution in [0.1, 0.15) is 13.8 Å². The summed E-state index contributed by atoms with van der Waals surface area (Å²) in [6.45, 7) is 10.4. The molecule has 2 saturated heterocycles. The normalized spacial score (nSPS) is 18.8. The van der Waals surface area contributed by atoms with Crippen molar-refractivity contribution >= 4 is 17.8 Å². The van der Waals surface area contributed by atoms with E-state index in [4.69, 9.17) is 4.74 Å². The number of carbonyl (C=O) groups excluding carboxylic acids is 2. The molecular formula is C19H30N6O3. The summed E-state index contributed by atoms with van der Waals surface area (Å²) in [4.78, 5) is 40.2. The van der Waals surface area contributed by atoms with Crippen molar-refractivity contribution in [3.8, 4) is 0 Å². The standard InChI is InChI=1S/C19H30N6O3/c1-19(2,16(26)20-6-7-23-12-14-28-15-13-23)17(27)24-8-10-25(11-9-24)18-21-4-3-5-22-18/h3-5H,6-15H2,1-2H3,(H,20,26). The fourth-order valence-electron chi connectivity index (χ4n) is 3.43. The van der Waals surface area contributed by atoms with Crippen LogP contribution in [0.25, 0.3) is 0 Å². The first-order valence-electron chi connectivity index (χ1n) is 9.88. The molecule has 2 fully saturated rings. The highest BCUT2D eigenvalue weighted by atomic mass is 16.5. The third-order valence-corrected chi connectivity index (χ3v) is 5.32. The molecule has 1 aromatic rings. The van der Waals surface area contributed by atoms with E-state index in [1.165, 1.54) is 0 Å². The van der Waals surface area contributed by atoms with Gasteiger partial charge in [-0.05, 0) is 19.9 Å². The molecule has 2 aliphatic heterocycles. The minimum Gasteiger partial charge on any atom is -0.379 e. The van der Waals surface area contributed by atoms with Crippen molar-refractivity contribution in [3.63, 3.8) is 0 Å². The molecule has 9 heteroatoms. The van der Waals surface area contributed by atoms with Crippen LogP contribution in [0.15, 0.2) is 18.5 Å². The molecule has 28 heavy (non-hydrogen) atoms. The number of nitrogens with one attached hydrogen (secondary N) is 1. The fourth-order valence-corrected chi connectivity index (χ4v) is 3.43. The molecule has 1 N–H and O–H groups in total. The van der Waals surface area contributed by atoms with Gasteiger partial charge in [0.05, 0.1) is 13.2 Å². The van der Waals surface area contributed by atoms with Crippen LogP contribution >= 0.6 is 0 Å². The van der Waals surface area contributed by atoms with Crippen molar-refractivity contribution in [2.75, 3.05) is 70.5 Å². The quantitative estimate of drug-likeness (QED) is 0.661. The zero-order chi connectivity index (χ0) is 20.0. The predicted octanol–water partition coefficient (Wildman–Crippen LogP) is -0.400. The fraction of sp³-hybridized carbons (Fsp3) is 0.684. The Morgan fingerprint density at radius 3 is 2.36 bits per heavy atom. The lowest BCUT2D eigenvalue weighted by molar-refractivity contribution is -0.148. The van der Waals surface area contributed by atoms with E-state index < -0.39 is 5.41 Å². The van der Waals surface area contributed by atoms with Gasteiger partial charge in [0.25, 0.3) is 0 Å². The smallest absolute Gasteiger partial charge is 0.237 e. The molecule has 0 bridgehead atoms. The van der Waals surface area contributed by atoms with Crippen LogP contribution in [0.3, 0.4) is 0 Å².